The highest BCUT2D eigenvalue weighted by Gasteiger charge is 2.45. The number of sulfonamides is 1. The van der Waals surface area contributed by atoms with Crippen LogP contribution in [0.3, 0.4) is 0 Å². The maximum absolute atomic E-state index is 13.5. The van der Waals surface area contributed by atoms with E-state index >= 15 is 0 Å². The number of nitrogens with one attached hydrogen (secondary N) is 1. The van der Waals surface area contributed by atoms with Crippen LogP contribution in [0.4, 0.5) is 8.78 Å². The van der Waals surface area contributed by atoms with Crippen molar-refractivity contribution in [3.63, 3.8) is 0 Å². The van der Waals surface area contributed by atoms with Gasteiger partial charge in [0.05, 0.1) is 5.75 Å². The highest BCUT2D eigenvalue weighted by Crippen LogP contribution is 2.48. The third-order valence-corrected chi connectivity index (χ3v) is 3.97. The minimum atomic E-state index is -3.63. The zero-order chi connectivity index (χ0) is 14.9. The summed E-state index contributed by atoms with van der Waals surface area (Å²) in [6.45, 7) is -0.0908. The summed E-state index contributed by atoms with van der Waals surface area (Å²) in [4.78, 5) is 11.7. The molecule has 1 fully saturated rings. The average molecular weight is 304 g/mol. The van der Waals surface area contributed by atoms with E-state index in [1.54, 1.807) is 0 Å². The molecular formula is C12H14F2N2O3S. The number of hydrogen-bond acceptors (Lipinski definition) is 3. The van der Waals surface area contributed by atoms with Crippen LogP contribution in [-0.2, 0) is 14.8 Å². The van der Waals surface area contributed by atoms with E-state index in [2.05, 4.69) is 5.32 Å². The summed E-state index contributed by atoms with van der Waals surface area (Å²) in [7, 11) is -3.63. The van der Waals surface area contributed by atoms with Crippen LogP contribution in [0.25, 0.3) is 0 Å². The summed E-state index contributed by atoms with van der Waals surface area (Å²) in [5, 5.41) is 7.22. The van der Waals surface area contributed by atoms with Crippen molar-refractivity contribution in [3.05, 3.63) is 35.4 Å². The van der Waals surface area contributed by atoms with E-state index in [1.807, 2.05) is 0 Å². The molecule has 2 atom stereocenters. The normalized spacial score (nSPS) is 21.6. The molecule has 1 aliphatic carbocycles. The summed E-state index contributed by atoms with van der Waals surface area (Å²) in [6.07, 6.45) is 0.418. The highest BCUT2D eigenvalue weighted by molar-refractivity contribution is 7.89. The van der Waals surface area contributed by atoms with Crippen LogP contribution in [0.1, 0.15) is 17.9 Å². The van der Waals surface area contributed by atoms with Gasteiger partial charge < -0.3 is 5.32 Å². The largest absolute Gasteiger partial charge is 0.355 e. The molecule has 1 aliphatic rings. The number of nitrogens with two attached hydrogens (primary N) is 1. The van der Waals surface area contributed by atoms with Crippen LogP contribution in [0.15, 0.2) is 18.2 Å². The minimum Gasteiger partial charge on any atom is -0.355 e. The molecule has 0 aliphatic heterocycles. The van der Waals surface area contributed by atoms with Gasteiger partial charge in [-0.05, 0) is 24.0 Å². The van der Waals surface area contributed by atoms with Gasteiger partial charge in [0, 0.05) is 12.5 Å². The zero-order valence-corrected chi connectivity index (χ0v) is 11.3. The van der Waals surface area contributed by atoms with E-state index in [0.717, 1.165) is 6.07 Å². The van der Waals surface area contributed by atoms with Gasteiger partial charge in [0.15, 0.2) is 11.6 Å². The molecule has 0 saturated heterocycles. The minimum absolute atomic E-state index is 0.0908. The Labute approximate surface area is 115 Å². The maximum Gasteiger partial charge on any atom is 0.223 e. The van der Waals surface area contributed by atoms with E-state index in [1.165, 1.54) is 12.1 Å². The van der Waals surface area contributed by atoms with Gasteiger partial charge in [-0.15, -0.1) is 0 Å². The molecule has 0 bridgehead atoms. The number of rotatable bonds is 5. The van der Waals surface area contributed by atoms with Crippen molar-refractivity contribution < 1.29 is 22.0 Å². The molecule has 110 valence electrons. The SMILES string of the molecule is NS(=O)(=O)CCNC(=O)[C@@H]1C[C@@H]1c1cccc(F)c1F. The van der Waals surface area contributed by atoms with Crippen LogP contribution in [-0.4, -0.2) is 26.6 Å². The maximum atomic E-state index is 13.5. The Hall–Kier alpha value is -1.54. The van der Waals surface area contributed by atoms with Crippen LogP contribution in [0.5, 0.6) is 0 Å². The van der Waals surface area contributed by atoms with Crippen LogP contribution >= 0.6 is 0 Å². The summed E-state index contributed by atoms with van der Waals surface area (Å²) < 4.78 is 48.0. The number of carbonyl (C=O) groups excluding carboxylic acids is 1. The third-order valence-electron chi connectivity index (χ3n) is 3.19. The van der Waals surface area contributed by atoms with Crippen LogP contribution < -0.4 is 10.5 Å². The number of benzene rings is 1. The van der Waals surface area contributed by atoms with E-state index in [9.17, 15) is 22.0 Å². The second-order valence-corrected chi connectivity index (χ2v) is 6.48. The fourth-order valence-electron chi connectivity index (χ4n) is 2.08. The first-order valence-electron chi connectivity index (χ1n) is 6.01. The molecule has 8 heteroatoms. The van der Waals surface area contributed by atoms with E-state index in [0.29, 0.717) is 6.42 Å². The van der Waals surface area contributed by atoms with Crippen molar-refractivity contribution in [2.75, 3.05) is 12.3 Å². The molecule has 0 heterocycles. The molecule has 0 unspecified atom stereocenters. The number of hydrogen-bond donors (Lipinski definition) is 2. The highest BCUT2D eigenvalue weighted by atomic mass is 32.2. The van der Waals surface area contributed by atoms with Crippen molar-refractivity contribution in [1.82, 2.24) is 5.32 Å². The van der Waals surface area contributed by atoms with E-state index in [4.69, 9.17) is 5.14 Å². The van der Waals surface area contributed by atoms with Gasteiger partial charge in [-0.25, -0.2) is 22.3 Å². The van der Waals surface area contributed by atoms with E-state index < -0.39 is 27.6 Å². The monoisotopic (exact) mass is 304 g/mol. The molecule has 1 saturated carbocycles. The Morgan fingerprint density at radius 1 is 1.40 bits per heavy atom. The first-order valence-corrected chi connectivity index (χ1v) is 7.73. The standard InChI is InChI=1S/C12H14F2N2O3S/c13-10-3-1-2-7(11(10)14)8-6-9(8)12(17)16-4-5-20(15,18)19/h1-3,8-9H,4-6H2,(H,16,17)(H2,15,18,19)/t8-,9-/m1/s1. The van der Waals surface area contributed by atoms with Crippen molar-refractivity contribution in [1.29, 1.82) is 0 Å². The topological polar surface area (TPSA) is 89.3 Å². The molecular weight excluding hydrogens is 290 g/mol. The lowest BCUT2D eigenvalue weighted by atomic mass is 10.1. The summed E-state index contributed by atoms with van der Waals surface area (Å²) in [6, 6.07) is 3.85. The lowest BCUT2D eigenvalue weighted by Crippen LogP contribution is -2.32. The third kappa shape index (κ3) is 3.51. The molecule has 1 aromatic rings. The fourth-order valence-corrected chi connectivity index (χ4v) is 2.47. The Morgan fingerprint density at radius 3 is 2.75 bits per heavy atom. The molecule has 0 aromatic heterocycles. The molecule has 5 nitrogen and oxygen atoms in total. The predicted octanol–water partition coefficient (Wildman–Crippen LogP) is 0.473. The van der Waals surface area contributed by atoms with Gasteiger partial charge in [-0.3, -0.25) is 4.79 Å². The first kappa shape index (κ1) is 14.9. The molecule has 0 spiro atoms. The predicted molar refractivity (Wildman–Crippen MR) is 68.2 cm³/mol. The van der Waals surface area contributed by atoms with Crippen LogP contribution in [0, 0.1) is 17.6 Å². The summed E-state index contributed by atoms with van der Waals surface area (Å²) in [5.41, 5.74) is 0.177. The smallest absolute Gasteiger partial charge is 0.223 e. The van der Waals surface area contributed by atoms with Crippen molar-refractivity contribution >= 4 is 15.9 Å². The molecule has 3 N–H and O–H groups in total. The number of carbonyl (C=O) groups is 1. The molecule has 2 rings (SSSR count). The van der Waals surface area contributed by atoms with Gasteiger partial charge in [0.25, 0.3) is 0 Å². The summed E-state index contributed by atoms with van der Waals surface area (Å²) in [5.74, 6) is -3.42. The van der Waals surface area contributed by atoms with Crippen LogP contribution in [0.2, 0.25) is 0 Å². The first-order chi connectivity index (χ1) is 9.29. The molecule has 20 heavy (non-hydrogen) atoms. The Balaban J connectivity index is 1.91. The van der Waals surface area contributed by atoms with Gasteiger partial charge >= 0.3 is 0 Å². The number of amides is 1. The van der Waals surface area contributed by atoms with Crippen molar-refractivity contribution in [3.8, 4) is 0 Å². The lowest BCUT2D eigenvalue weighted by Gasteiger charge is -2.05. The molecule has 1 aromatic carbocycles. The molecule has 0 radical (unpaired) electrons. The Bertz CT molecular complexity index is 634. The quantitative estimate of drug-likeness (QED) is 0.829. The second kappa shape index (κ2) is 5.45. The lowest BCUT2D eigenvalue weighted by molar-refractivity contribution is -0.122. The van der Waals surface area contributed by atoms with Gasteiger partial charge in [0.2, 0.25) is 15.9 Å². The average Bonchev–Trinajstić information content (AvgIpc) is 3.11. The molecule has 1 amide bonds. The second-order valence-electron chi connectivity index (χ2n) is 4.75. The fraction of sp³-hybridized carbons (Fsp3) is 0.417. The summed E-state index contributed by atoms with van der Waals surface area (Å²) >= 11 is 0. The Kier molecular flexibility index (Phi) is 4.05. The van der Waals surface area contributed by atoms with Crippen molar-refractivity contribution in [2.45, 2.75) is 12.3 Å². The van der Waals surface area contributed by atoms with Gasteiger partial charge in [0.1, 0.15) is 0 Å². The number of primary sulfonamides is 1. The van der Waals surface area contributed by atoms with Gasteiger partial charge in [-0.2, -0.15) is 0 Å². The zero-order valence-electron chi connectivity index (χ0n) is 10.5. The number of halogens is 2. The van der Waals surface area contributed by atoms with Crippen molar-refractivity contribution in [2.24, 2.45) is 11.1 Å². The Morgan fingerprint density at radius 2 is 2.10 bits per heavy atom. The van der Waals surface area contributed by atoms with E-state index in [-0.39, 0.29) is 29.7 Å². The van der Waals surface area contributed by atoms with Gasteiger partial charge in [-0.1, -0.05) is 12.1 Å².